The van der Waals surface area contributed by atoms with Crippen LogP contribution in [0.2, 0.25) is 0 Å². The molecule has 1 rings (SSSR count). The van der Waals surface area contributed by atoms with Crippen molar-refractivity contribution in [2.75, 3.05) is 6.54 Å². The van der Waals surface area contributed by atoms with Crippen molar-refractivity contribution in [3.05, 3.63) is 0 Å². The lowest BCUT2D eigenvalue weighted by Crippen LogP contribution is -2.28. The first-order chi connectivity index (χ1) is 5.25. The summed E-state index contributed by atoms with van der Waals surface area (Å²) >= 11 is 5.04. The van der Waals surface area contributed by atoms with E-state index < -0.39 is 0 Å². The van der Waals surface area contributed by atoms with E-state index in [9.17, 15) is 4.79 Å². The Kier molecular flexibility index (Phi) is 3.00. The average molecular weight is 171 g/mol. The SMILES string of the molecule is CCCCN1C(=O)CCC1=S. The number of hydrogen-bond acceptors (Lipinski definition) is 2. The molecule has 0 spiro atoms. The Bertz CT molecular complexity index is 163. The summed E-state index contributed by atoms with van der Waals surface area (Å²) in [4.78, 5) is 13.7. The molecule has 0 bridgehead atoms. The van der Waals surface area contributed by atoms with Gasteiger partial charge in [0.25, 0.3) is 0 Å². The van der Waals surface area contributed by atoms with Crippen molar-refractivity contribution in [3.63, 3.8) is 0 Å². The van der Waals surface area contributed by atoms with Crippen molar-refractivity contribution in [3.8, 4) is 0 Å². The van der Waals surface area contributed by atoms with Crippen LogP contribution in [0.25, 0.3) is 0 Å². The first-order valence-electron chi connectivity index (χ1n) is 4.09. The molecule has 1 aliphatic heterocycles. The molecule has 0 aliphatic carbocycles. The normalized spacial score (nSPS) is 18.1. The van der Waals surface area contributed by atoms with Gasteiger partial charge < -0.3 is 4.90 Å². The molecule has 1 saturated heterocycles. The first-order valence-corrected chi connectivity index (χ1v) is 4.49. The smallest absolute Gasteiger partial charge is 0.227 e. The van der Waals surface area contributed by atoms with Crippen LogP contribution < -0.4 is 0 Å². The van der Waals surface area contributed by atoms with Crippen LogP contribution in [0.1, 0.15) is 32.6 Å². The molecule has 3 heteroatoms. The highest BCUT2D eigenvalue weighted by molar-refractivity contribution is 7.80. The molecule has 0 aromatic rings. The van der Waals surface area contributed by atoms with E-state index in [2.05, 4.69) is 6.92 Å². The van der Waals surface area contributed by atoms with E-state index in [0.29, 0.717) is 6.42 Å². The molecule has 0 radical (unpaired) electrons. The van der Waals surface area contributed by atoms with E-state index in [1.807, 2.05) is 0 Å². The molecular weight excluding hydrogens is 158 g/mol. The van der Waals surface area contributed by atoms with Crippen LogP contribution >= 0.6 is 12.2 Å². The second kappa shape index (κ2) is 3.81. The molecule has 0 N–H and O–H groups in total. The second-order valence-corrected chi connectivity index (χ2v) is 3.26. The molecule has 11 heavy (non-hydrogen) atoms. The quantitative estimate of drug-likeness (QED) is 0.603. The van der Waals surface area contributed by atoms with Crippen LogP contribution in [-0.4, -0.2) is 22.3 Å². The maximum absolute atomic E-state index is 11.1. The van der Waals surface area contributed by atoms with Gasteiger partial charge in [0.1, 0.15) is 0 Å². The number of hydrogen-bond donors (Lipinski definition) is 0. The molecule has 1 aliphatic rings. The van der Waals surface area contributed by atoms with E-state index >= 15 is 0 Å². The van der Waals surface area contributed by atoms with Crippen LogP contribution in [-0.2, 0) is 4.79 Å². The lowest BCUT2D eigenvalue weighted by molar-refractivity contribution is -0.125. The van der Waals surface area contributed by atoms with Crippen molar-refractivity contribution in [1.82, 2.24) is 4.90 Å². The summed E-state index contributed by atoms with van der Waals surface area (Å²) in [6.45, 7) is 2.94. The van der Waals surface area contributed by atoms with Crippen molar-refractivity contribution < 1.29 is 4.79 Å². The fourth-order valence-corrected chi connectivity index (χ4v) is 1.48. The van der Waals surface area contributed by atoms with Gasteiger partial charge in [-0.3, -0.25) is 4.79 Å². The third kappa shape index (κ3) is 1.99. The Morgan fingerprint density at radius 3 is 2.73 bits per heavy atom. The molecule has 0 aromatic carbocycles. The van der Waals surface area contributed by atoms with E-state index in [-0.39, 0.29) is 5.91 Å². The Morgan fingerprint density at radius 2 is 2.27 bits per heavy atom. The Balaban J connectivity index is 2.41. The van der Waals surface area contributed by atoms with Crippen LogP contribution in [0.15, 0.2) is 0 Å². The summed E-state index contributed by atoms with van der Waals surface area (Å²) in [5.41, 5.74) is 0. The largest absolute Gasteiger partial charge is 0.307 e. The number of thiocarbonyl (C=S) groups is 1. The van der Waals surface area contributed by atoms with E-state index in [1.165, 1.54) is 0 Å². The zero-order chi connectivity index (χ0) is 8.27. The van der Waals surface area contributed by atoms with Gasteiger partial charge in [-0.05, 0) is 6.42 Å². The molecule has 62 valence electrons. The van der Waals surface area contributed by atoms with Crippen molar-refractivity contribution >= 4 is 23.1 Å². The highest BCUT2D eigenvalue weighted by Gasteiger charge is 2.24. The number of rotatable bonds is 3. The molecular formula is C8H13NOS. The molecule has 0 saturated carbocycles. The topological polar surface area (TPSA) is 20.3 Å². The van der Waals surface area contributed by atoms with E-state index in [4.69, 9.17) is 12.2 Å². The minimum Gasteiger partial charge on any atom is -0.307 e. The molecule has 1 heterocycles. The van der Waals surface area contributed by atoms with Crippen LogP contribution in [0, 0.1) is 0 Å². The fraction of sp³-hybridized carbons (Fsp3) is 0.750. The van der Waals surface area contributed by atoms with Gasteiger partial charge in [0, 0.05) is 19.4 Å². The monoisotopic (exact) mass is 171 g/mol. The van der Waals surface area contributed by atoms with Crippen molar-refractivity contribution in [1.29, 1.82) is 0 Å². The minimum atomic E-state index is 0.212. The number of carbonyl (C=O) groups is 1. The summed E-state index contributed by atoms with van der Waals surface area (Å²) in [5, 5.41) is 0. The average Bonchev–Trinajstić information content (AvgIpc) is 2.29. The summed E-state index contributed by atoms with van der Waals surface area (Å²) in [5.74, 6) is 0.212. The van der Waals surface area contributed by atoms with Crippen molar-refractivity contribution in [2.45, 2.75) is 32.6 Å². The molecule has 1 fully saturated rings. The van der Waals surface area contributed by atoms with Gasteiger partial charge in [-0.2, -0.15) is 0 Å². The first kappa shape index (κ1) is 8.65. The summed E-state index contributed by atoms with van der Waals surface area (Å²) < 4.78 is 0. The zero-order valence-corrected chi connectivity index (χ0v) is 7.62. The van der Waals surface area contributed by atoms with Gasteiger partial charge in [0.05, 0.1) is 4.99 Å². The highest BCUT2D eigenvalue weighted by atomic mass is 32.1. The molecule has 2 nitrogen and oxygen atoms in total. The number of carbonyl (C=O) groups excluding carboxylic acids is 1. The van der Waals surface area contributed by atoms with E-state index in [0.717, 1.165) is 30.8 Å². The minimum absolute atomic E-state index is 0.212. The van der Waals surface area contributed by atoms with Crippen LogP contribution in [0.3, 0.4) is 0 Å². The van der Waals surface area contributed by atoms with Crippen molar-refractivity contribution in [2.24, 2.45) is 0 Å². The summed E-state index contributed by atoms with van der Waals surface area (Å²) in [6, 6.07) is 0. The summed E-state index contributed by atoms with van der Waals surface area (Å²) in [7, 11) is 0. The second-order valence-electron chi connectivity index (χ2n) is 2.79. The Hall–Kier alpha value is -0.440. The van der Waals surface area contributed by atoms with Gasteiger partial charge in [-0.25, -0.2) is 0 Å². The predicted molar refractivity (Wildman–Crippen MR) is 48.5 cm³/mol. The highest BCUT2D eigenvalue weighted by Crippen LogP contribution is 2.13. The third-order valence-electron chi connectivity index (χ3n) is 1.89. The lowest BCUT2D eigenvalue weighted by atomic mass is 10.3. The van der Waals surface area contributed by atoms with Crippen LogP contribution in [0.4, 0.5) is 0 Å². The number of unbranched alkanes of at least 4 members (excludes halogenated alkanes) is 1. The number of nitrogens with zero attached hydrogens (tertiary/aromatic N) is 1. The maximum atomic E-state index is 11.1. The van der Waals surface area contributed by atoms with Gasteiger partial charge in [-0.1, -0.05) is 25.6 Å². The zero-order valence-electron chi connectivity index (χ0n) is 6.80. The molecule has 0 atom stereocenters. The van der Waals surface area contributed by atoms with Gasteiger partial charge in [-0.15, -0.1) is 0 Å². The van der Waals surface area contributed by atoms with E-state index in [1.54, 1.807) is 4.90 Å². The third-order valence-corrected chi connectivity index (χ3v) is 2.31. The molecule has 0 aromatic heterocycles. The standard InChI is InChI=1S/C8H13NOS/c1-2-3-6-9-7(10)4-5-8(9)11/h2-6H2,1H3. The Labute approximate surface area is 72.6 Å². The number of amides is 1. The molecule has 0 unspecified atom stereocenters. The lowest BCUT2D eigenvalue weighted by Gasteiger charge is -2.14. The predicted octanol–water partition coefficient (Wildman–Crippen LogP) is 1.74. The molecule has 1 amide bonds. The maximum Gasteiger partial charge on any atom is 0.227 e. The summed E-state index contributed by atoms with van der Waals surface area (Å²) in [6.07, 6.45) is 3.60. The Morgan fingerprint density at radius 1 is 1.55 bits per heavy atom. The van der Waals surface area contributed by atoms with Gasteiger partial charge >= 0.3 is 0 Å². The van der Waals surface area contributed by atoms with Gasteiger partial charge in [0.15, 0.2) is 0 Å². The number of likely N-dealkylation sites (tertiary alicyclic amines) is 1. The van der Waals surface area contributed by atoms with Crippen LogP contribution in [0.5, 0.6) is 0 Å². The fourth-order valence-electron chi connectivity index (χ4n) is 1.19. The van der Waals surface area contributed by atoms with Gasteiger partial charge in [0.2, 0.25) is 5.91 Å².